The van der Waals surface area contributed by atoms with Crippen LogP contribution >= 0.6 is 0 Å². The molecule has 2 rings (SSSR count). The van der Waals surface area contributed by atoms with Gasteiger partial charge in [0.15, 0.2) is 0 Å². The lowest BCUT2D eigenvalue weighted by Gasteiger charge is -2.43. The third kappa shape index (κ3) is 7.00. The number of rotatable bonds is 3. The number of piperidine rings is 1. The van der Waals surface area contributed by atoms with Gasteiger partial charge in [-0.1, -0.05) is 46.0 Å². The minimum atomic E-state index is 0.303. The number of hydrogen-bond acceptors (Lipinski definition) is 2. The number of ether oxygens (including phenoxy) is 1. The fourth-order valence-electron chi connectivity index (χ4n) is 3.76. The van der Waals surface area contributed by atoms with Crippen molar-refractivity contribution >= 4 is 0 Å². The molecule has 1 atom stereocenters. The molecule has 0 aromatic carbocycles. The van der Waals surface area contributed by atoms with Crippen molar-refractivity contribution in [1.82, 2.24) is 4.90 Å². The Morgan fingerprint density at radius 3 is 1.95 bits per heavy atom. The van der Waals surface area contributed by atoms with E-state index in [1.807, 2.05) is 0 Å². The standard InChI is InChI=1S/C11H23NO.C9H18/c1-9(2)13-10-6-7-12(5)11(3,4)8-10;1-8(2)9-6-4-3-5-7-9/h9-10H,6-8H2,1-5H3;8-9H,3-7H2,1-2H3. The third-order valence-electron chi connectivity index (χ3n) is 5.60. The van der Waals surface area contributed by atoms with E-state index in [1.54, 1.807) is 0 Å². The van der Waals surface area contributed by atoms with E-state index in [-0.39, 0.29) is 0 Å². The first-order chi connectivity index (χ1) is 10.2. The van der Waals surface area contributed by atoms with Crippen LogP contribution in [0.4, 0.5) is 0 Å². The summed E-state index contributed by atoms with van der Waals surface area (Å²) in [6, 6.07) is 0. The van der Waals surface area contributed by atoms with E-state index in [4.69, 9.17) is 4.74 Å². The maximum absolute atomic E-state index is 5.85. The molecule has 132 valence electrons. The Morgan fingerprint density at radius 2 is 1.55 bits per heavy atom. The SMILES string of the molecule is CC(C)C1CCCCC1.CC(C)OC1CCN(C)C(C)(C)C1. The van der Waals surface area contributed by atoms with Crippen LogP contribution in [0.25, 0.3) is 0 Å². The molecule has 1 saturated heterocycles. The lowest BCUT2D eigenvalue weighted by Crippen LogP contribution is -2.50. The first kappa shape index (κ1) is 20.0. The number of hydrogen-bond donors (Lipinski definition) is 0. The van der Waals surface area contributed by atoms with Crippen molar-refractivity contribution in [2.24, 2.45) is 11.8 Å². The Morgan fingerprint density at radius 1 is 0.955 bits per heavy atom. The summed E-state index contributed by atoms with van der Waals surface area (Å²) < 4.78 is 5.85. The fourth-order valence-corrected chi connectivity index (χ4v) is 3.76. The highest BCUT2D eigenvalue weighted by Gasteiger charge is 2.32. The van der Waals surface area contributed by atoms with Crippen molar-refractivity contribution < 1.29 is 4.74 Å². The minimum Gasteiger partial charge on any atom is -0.375 e. The van der Waals surface area contributed by atoms with Gasteiger partial charge >= 0.3 is 0 Å². The van der Waals surface area contributed by atoms with Gasteiger partial charge in [0.05, 0.1) is 12.2 Å². The second-order valence-corrected chi connectivity index (χ2v) is 8.68. The van der Waals surface area contributed by atoms with Gasteiger partial charge in [0.2, 0.25) is 0 Å². The molecule has 0 spiro atoms. The van der Waals surface area contributed by atoms with Gasteiger partial charge in [-0.3, -0.25) is 0 Å². The summed E-state index contributed by atoms with van der Waals surface area (Å²) >= 11 is 0. The summed E-state index contributed by atoms with van der Waals surface area (Å²) in [5, 5.41) is 0. The van der Waals surface area contributed by atoms with Crippen molar-refractivity contribution in [2.75, 3.05) is 13.6 Å². The molecule has 2 fully saturated rings. The first-order valence-corrected chi connectivity index (χ1v) is 9.59. The smallest absolute Gasteiger partial charge is 0.0608 e. The summed E-state index contributed by atoms with van der Waals surface area (Å²) in [6.45, 7) is 14.7. The van der Waals surface area contributed by atoms with E-state index in [1.165, 1.54) is 38.5 Å². The minimum absolute atomic E-state index is 0.303. The van der Waals surface area contributed by atoms with E-state index in [0.717, 1.165) is 24.8 Å². The number of likely N-dealkylation sites (tertiary alicyclic amines) is 1. The van der Waals surface area contributed by atoms with Crippen molar-refractivity contribution in [1.29, 1.82) is 0 Å². The number of nitrogens with zero attached hydrogens (tertiary/aromatic N) is 1. The maximum atomic E-state index is 5.85. The Bertz CT molecular complexity index is 292. The van der Waals surface area contributed by atoms with Crippen LogP contribution in [-0.4, -0.2) is 36.2 Å². The molecule has 1 aliphatic heterocycles. The van der Waals surface area contributed by atoms with Gasteiger partial charge in [-0.2, -0.15) is 0 Å². The molecule has 1 unspecified atom stereocenters. The van der Waals surface area contributed by atoms with Gasteiger partial charge in [0.25, 0.3) is 0 Å². The second kappa shape index (κ2) is 9.27. The Labute approximate surface area is 140 Å². The lowest BCUT2D eigenvalue weighted by molar-refractivity contribution is -0.0593. The van der Waals surface area contributed by atoms with Gasteiger partial charge in [-0.15, -0.1) is 0 Å². The predicted molar refractivity (Wildman–Crippen MR) is 97.4 cm³/mol. The van der Waals surface area contributed by atoms with Crippen molar-refractivity contribution in [3.63, 3.8) is 0 Å². The van der Waals surface area contributed by atoms with Crippen molar-refractivity contribution in [3.05, 3.63) is 0 Å². The van der Waals surface area contributed by atoms with Crippen LogP contribution < -0.4 is 0 Å². The average Bonchev–Trinajstić information content (AvgIpc) is 2.44. The van der Waals surface area contributed by atoms with Crippen LogP contribution in [0.2, 0.25) is 0 Å². The monoisotopic (exact) mass is 311 g/mol. The van der Waals surface area contributed by atoms with Gasteiger partial charge in [-0.05, 0) is 59.4 Å². The maximum Gasteiger partial charge on any atom is 0.0608 e. The van der Waals surface area contributed by atoms with Gasteiger partial charge in [-0.25, -0.2) is 0 Å². The normalized spacial score (nSPS) is 26.9. The largest absolute Gasteiger partial charge is 0.375 e. The van der Waals surface area contributed by atoms with E-state index in [0.29, 0.717) is 17.7 Å². The molecule has 2 nitrogen and oxygen atoms in total. The van der Waals surface area contributed by atoms with Crippen LogP contribution in [0, 0.1) is 11.8 Å². The summed E-state index contributed by atoms with van der Waals surface area (Å²) in [6.07, 6.45) is 10.6. The molecule has 2 heteroatoms. The van der Waals surface area contributed by atoms with E-state index >= 15 is 0 Å². The fraction of sp³-hybridized carbons (Fsp3) is 1.00. The summed E-state index contributed by atoms with van der Waals surface area (Å²) in [7, 11) is 2.20. The molecule has 22 heavy (non-hydrogen) atoms. The van der Waals surface area contributed by atoms with Gasteiger partial charge < -0.3 is 9.64 Å². The molecule has 2 aliphatic rings. The van der Waals surface area contributed by atoms with E-state index in [2.05, 4.69) is 53.5 Å². The molecule has 0 radical (unpaired) electrons. The van der Waals surface area contributed by atoms with Gasteiger partial charge in [0.1, 0.15) is 0 Å². The molecule has 1 saturated carbocycles. The Hall–Kier alpha value is -0.0800. The summed E-state index contributed by atoms with van der Waals surface area (Å²) in [5.41, 5.74) is 0.303. The molecule has 0 aromatic heterocycles. The molecular formula is C20H41NO. The van der Waals surface area contributed by atoms with E-state index in [9.17, 15) is 0 Å². The lowest BCUT2D eigenvalue weighted by atomic mass is 9.82. The quantitative estimate of drug-likeness (QED) is 0.681. The molecule has 1 heterocycles. The second-order valence-electron chi connectivity index (χ2n) is 8.68. The summed E-state index contributed by atoms with van der Waals surface area (Å²) in [4.78, 5) is 2.42. The molecule has 0 amide bonds. The first-order valence-electron chi connectivity index (χ1n) is 9.59. The van der Waals surface area contributed by atoms with Gasteiger partial charge in [0, 0.05) is 12.1 Å². The topological polar surface area (TPSA) is 12.5 Å². The molecule has 0 aromatic rings. The van der Waals surface area contributed by atoms with Crippen LogP contribution in [0.3, 0.4) is 0 Å². The zero-order chi connectivity index (χ0) is 16.8. The van der Waals surface area contributed by atoms with Crippen LogP contribution in [0.15, 0.2) is 0 Å². The van der Waals surface area contributed by atoms with Crippen molar-refractivity contribution in [3.8, 4) is 0 Å². The summed E-state index contributed by atoms with van der Waals surface area (Å²) in [5.74, 6) is 1.99. The Kier molecular flexibility index (Phi) is 8.42. The Balaban J connectivity index is 0.000000235. The molecule has 0 bridgehead atoms. The molecular weight excluding hydrogens is 270 g/mol. The molecule has 0 N–H and O–H groups in total. The van der Waals surface area contributed by atoms with Crippen molar-refractivity contribution in [2.45, 2.75) is 104 Å². The van der Waals surface area contributed by atoms with Crippen LogP contribution in [0.5, 0.6) is 0 Å². The predicted octanol–water partition coefficient (Wildman–Crippen LogP) is 5.51. The van der Waals surface area contributed by atoms with E-state index < -0.39 is 0 Å². The molecule has 1 aliphatic carbocycles. The van der Waals surface area contributed by atoms with Crippen LogP contribution in [-0.2, 0) is 4.74 Å². The average molecular weight is 312 g/mol. The highest BCUT2D eigenvalue weighted by molar-refractivity contribution is 4.88. The zero-order valence-electron chi connectivity index (χ0n) is 16.3. The highest BCUT2D eigenvalue weighted by Crippen LogP contribution is 2.29. The third-order valence-corrected chi connectivity index (χ3v) is 5.60. The van der Waals surface area contributed by atoms with Crippen LogP contribution in [0.1, 0.15) is 86.5 Å². The highest BCUT2D eigenvalue weighted by atomic mass is 16.5. The zero-order valence-corrected chi connectivity index (χ0v) is 16.3.